The van der Waals surface area contributed by atoms with E-state index in [2.05, 4.69) is 10.4 Å². The zero-order valence-electron chi connectivity index (χ0n) is 10.2. The van der Waals surface area contributed by atoms with Crippen molar-refractivity contribution in [3.8, 4) is 0 Å². The summed E-state index contributed by atoms with van der Waals surface area (Å²) in [5.41, 5.74) is 0.833. The molecule has 2 fully saturated rings. The van der Waals surface area contributed by atoms with Crippen LogP contribution < -0.4 is 5.32 Å². The lowest BCUT2D eigenvalue weighted by molar-refractivity contribution is -0.121. The molecule has 1 aromatic heterocycles. The molecular weight excluding hydrogens is 214 g/mol. The molecule has 4 nitrogen and oxygen atoms in total. The lowest BCUT2D eigenvalue weighted by atomic mass is 9.88. The van der Waals surface area contributed by atoms with Gasteiger partial charge in [-0.3, -0.25) is 9.48 Å². The molecule has 92 valence electrons. The maximum Gasteiger partial charge on any atom is 0.227 e. The van der Waals surface area contributed by atoms with Crippen LogP contribution in [0, 0.1) is 17.8 Å². The van der Waals surface area contributed by atoms with Gasteiger partial charge in [-0.25, -0.2) is 0 Å². The number of hydrogen-bond donors (Lipinski definition) is 1. The molecule has 4 heteroatoms. The van der Waals surface area contributed by atoms with Gasteiger partial charge in [0, 0.05) is 18.7 Å². The second-order valence-corrected chi connectivity index (χ2v) is 5.36. The smallest absolute Gasteiger partial charge is 0.227 e. The third-order valence-corrected chi connectivity index (χ3v) is 4.30. The summed E-state index contributed by atoms with van der Waals surface area (Å²) in [5.74, 6) is 1.90. The van der Waals surface area contributed by atoms with Gasteiger partial charge in [0.2, 0.25) is 5.91 Å². The fourth-order valence-corrected chi connectivity index (χ4v) is 3.40. The molecule has 1 amide bonds. The van der Waals surface area contributed by atoms with E-state index >= 15 is 0 Å². The van der Waals surface area contributed by atoms with Gasteiger partial charge in [0.05, 0.1) is 11.9 Å². The molecule has 0 saturated heterocycles. The Morgan fingerprint density at radius 2 is 2.41 bits per heavy atom. The SMILES string of the molecule is CCn1cc(NC(=O)C2CC3CCC2C3)cn1. The minimum atomic E-state index is 0.202. The first kappa shape index (κ1) is 10.8. The van der Waals surface area contributed by atoms with Gasteiger partial charge >= 0.3 is 0 Å². The second-order valence-electron chi connectivity index (χ2n) is 5.36. The maximum absolute atomic E-state index is 12.2. The molecule has 1 aromatic rings. The summed E-state index contributed by atoms with van der Waals surface area (Å²) in [4.78, 5) is 12.2. The quantitative estimate of drug-likeness (QED) is 0.870. The topological polar surface area (TPSA) is 46.9 Å². The van der Waals surface area contributed by atoms with Crippen molar-refractivity contribution < 1.29 is 4.79 Å². The van der Waals surface area contributed by atoms with E-state index in [9.17, 15) is 4.79 Å². The van der Waals surface area contributed by atoms with E-state index in [0.717, 1.165) is 24.6 Å². The van der Waals surface area contributed by atoms with Crippen molar-refractivity contribution in [2.45, 2.75) is 39.2 Å². The van der Waals surface area contributed by atoms with Crippen molar-refractivity contribution in [1.29, 1.82) is 0 Å². The van der Waals surface area contributed by atoms with E-state index < -0.39 is 0 Å². The average Bonchev–Trinajstić information content (AvgIpc) is 3.04. The molecule has 3 rings (SSSR count). The first-order valence-corrected chi connectivity index (χ1v) is 6.59. The minimum absolute atomic E-state index is 0.202. The van der Waals surface area contributed by atoms with Gasteiger partial charge in [-0.15, -0.1) is 0 Å². The molecule has 0 aromatic carbocycles. The number of carbonyl (C=O) groups is 1. The summed E-state index contributed by atoms with van der Waals surface area (Å²) in [6.07, 6.45) is 8.57. The van der Waals surface area contributed by atoms with E-state index in [1.807, 2.05) is 17.8 Å². The number of hydrogen-bond acceptors (Lipinski definition) is 2. The van der Waals surface area contributed by atoms with Crippen LogP contribution in [-0.2, 0) is 11.3 Å². The van der Waals surface area contributed by atoms with Crippen molar-refractivity contribution >= 4 is 11.6 Å². The van der Waals surface area contributed by atoms with Gasteiger partial charge < -0.3 is 5.32 Å². The van der Waals surface area contributed by atoms with Gasteiger partial charge in [-0.2, -0.15) is 5.10 Å². The zero-order valence-corrected chi connectivity index (χ0v) is 10.2. The van der Waals surface area contributed by atoms with Crippen molar-refractivity contribution in [2.24, 2.45) is 17.8 Å². The highest BCUT2D eigenvalue weighted by atomic mass is 16.1. The van der Waals surface area contributed by atoms with Gasteiger partial charge in [0.15, 0.2) is 0 Å². The number of nitrogens with one attached hydrogen (secondary N) is 1. The fraction of sp³-hybridized carbons (Fsp3) is 0.692. The lowest BCUT2D eigenvalue weighted by Gasteiger charge is -2.20. The molecule has 0 aliphatic heterocycles. The van der Waals surface area contributed by atoms with E-state index in [4.69, 9.17) is 0 Å². The van der Waals surface area contributed by atoms with E-state index in [0.29, 0.717) is 5.92 Å². The number of anilines is 1. The first-order chi connectivity index (χ1) is 8.26. The van der Waals surface area contributed by atoms with E-state index in [1.54, 1.807) is 6.20 Å². The molecule has 3 unspecified atom stereocenters. The standard InChI is InChI=1S/C13H19N3O/c1-2-16-8-11(7-14-16)15-13(17)12-6-9-3-4-10(12)5-9/h7-10,12H,2-6H2,1H3,(H,15,17). The van der Waals surface area contributed by atoms with Gasteiger partial charge in [0.1, 0.15) is 0 Å². The van der Waals surface area contributed by atoms with Crippen LogP contribution in [0.1, 0.15) is 32.6 Å². The number of carbonyl (C=O) groups excluding carboxylic acids is 1. The molecule has 3 atom stereocenters. The first-order valence-electron chi connectivity index (χ1n) is 6.59. The van der Waals surface area contributed by atoms with Crippen LogP contribution in [-0.4, -0.2) is 15.7 Å². The Hall–Kier alpha value is -1.32. The molecule has 2 aliphatic carbocycles. The predicted molar refractivity (Wildman–Crippen MR) is 65.5 cm³/mol. The molecular formula is C13H19N3O. The molecule has 2 bridgehead atoms. The average molecular weight is 233 g/mol. The largest absolute Gasteiger partial charge is 0.323 e. The molecule has 0 spiro atoms. The van der Waals surface area contributed by atoms with Crippen LogP contribution >= 0.6 is 0 Å². The van der Waals surface area contributed by atoms with E-state index in [-0.39, 0.29) is 11.8 Å². The summed E-state index contributed by atoms with van der Waals surface area (Å²) in [6.45, 7) is 2.87. The predicted octanol–water partition coefficient (Wildman–Crippen LogP) is 2.28. The van der Waals surface area contributed by atoms with Crippen LogP contribution in [0.5, 0.6) is 0 Å². The lowest BCUT2D eigenvalue weighted by Crippen LogP contribution is -2.27. The number of aryl methyl sites for hydroxylation is 1. The molecule has 2 aliphatic rings. The minimum Gasteiger partial charge on any atom is -0.323 e. The van der Waals surface area contributed by atoms with Crippen LogP contribution in [0.3, 0.4) is 0 Å². The molecule has 1 heterocycles. The highest BCUT2D eigenvalue weighted by Crippen LogP contribution is 2.48. The molecule has 1 N–H and O–H groups in total. The summed E-state index contributed by atoms with van der Waals surface area (Å²) in [5, 5.41) is 7.17. The van der Waals surface area contributed by atoms with Crippen LogP contribution in [0.25, 0.3) is 0 Å². The monoisotopic (exact) mass is 233 g/mol. The second kappa shape index (κ2) is 4.17. The Bertz CT molecular complexity index is 426. The number of rotatable bonds is 3. The number of fused-ring (bicyclic) bond motifs is 2. The van der Waals surface area contributed by atoms with Crippen LogP contribution in [0.15, 0.2) is 12.4 Å². The van der Waals surface area contributed by atoms with Crippen molar-refractivity contribution in [3.05, 3.63) is 12.4 Å². The van der Waals surface area contributed by atoms with Crippen LogP contribution in [0.2, 0.25) is 0 Å². The highest BCUT2D eigenvalue weighted by molar-refractivity contribution is 5.92. The highest BCUT2D eigenvalue weighted by Gasteiger charge is 2.43. The fourth-order valence-electron chi connectivity index (χ4n) is 3.40. The Labute approximate surface area is 101 Å². The Balaban J connectivity index is 1.63. The number of aromatic nitrogens is 2. The Morgan fingerprint density at radius 1 is 1.53 bits per heavy atom. The van der Waals surface area contributed by atoms with Crippen molar-refractivity contribution in [3.63, 3.8) is 0 Å². The molecule has 17 heavy (non-hydrogen) atoms. The third-order valence-electron chi connectivity index (χ3n) is 4.30. The van der Waals surface area contributed by atoms with E-state index in [1.165, 1.54) is 19.3 Å². The Kier molecular flexibility index (Phi) is 2.65. The van der Waals surface area contributed by atoms with Crippen molar-refractivity contribution in [1.82, 2.24) is 9.78 Å². The zero-order chi connectivity index (χ0) is 11.8. The summed E-state index contributed by atoms with van der Waals surface area (Å²) in [7, 11) is 0. The summed E-state index contributed by atoms with van der Waals surface area (Å²) < 4.78 is 1.83. The normalized spacial score (nSPS) is 30.8. The van der Waals surface area contributed by atoms with Gasteiger partial charge in [-0.05, 0) is 38.0 Å². The van der Waals surface area contributed by atoms with Crippen LogP contribution in [0.4, 0.5) is 5.69 Å². The Morgan fingerprint density at radius 3 is 3.00 bits per heavy atom. The van der Waals surface area contributed by atoms with Gasteiger partial charge in [-0.1, -0.05) is 6.42 Å². The molecule has 2 saturated carbocycles. The summed E-state index contributed by atoms with van der Waals surface area (Å²) >= 11 is 0. The molecule has 0 radical (unpaired) electrons. The summed E-state index contributed by atoms with van der Waals surface area (Å²) in [6, 6.07) is 0. The maximum atomic E-state index is 12.2. The third kappa shape index (κ3) is 1.96. The number of amides is 1. The van der Waals surface area contributed by atoms with Crippen molar-refractivity contribution in [2.75, 3.05) is 5.32 Å². The van der Waals surface area contributed by atoms with Gasteiger partial charge in [0.25, 0.3) is 0 Å². The number of nitrogens with zero attached hydrogens (tertiary/aromatic N) is 2.